The van der Waals surface area contributed by atoms with Crippen molar-refractivity contribution in [2.45, 2.75) is 32.2 Å². The van der Waals surface area contributed by atoms with Crippen LogP contribution >= 0.6 is 11.3 Å². The highest BCUT2D eigenvalue weighted by molar-refractivity contribution is 7.14. The minimum absolute atomic E-state index is 0.130. The fraction of sp³-hybridized carbons (Fsp3) is 0.333. The highest BCUT2D eigenvalue weighted by Gasteiger charge is 2.35. The zero-order valence-corrected chi connectivity index (χ0v) is 20.1. The number of thiazole rings is 1. The molecule has 3 atom stereocenters. The van der Waals surface area contributed by atoms with Crippen molar-refractivity contribution in [2.75, 3.05) is 13.2 Å². The van der Waals surface area contributed by atoms with E-state index in [9.17, 15) is 18.0 Å². The normalized spacial score (nSPS) is 19.6. The molecular formula is C24H22F3N5O3S. The van der Waals surface area contributed by atoms with Crippen LogP contribution in [0.5, 0.6) is 5.75 Å². The van der Waals surface area contributed by atoms with Crippen LogP contribution in [-0.4, -0.2) is 40.1 Å². The Labute approximate surface area is 208 Å². The molecule has 2 bridgehead atoms. The molecule has 3 aromatic rings. The molecule has 0 spiro atoms. The van der Waals surface area contributed by atoms with Crippen LogP contribution in [0.1, 0.15) is 39.6 Å². The number of fused-ring (bicyclic) bond motifs is 3. The van der Waals surface area contributed by atoms with E-state index in [1.54, 1.807) is 25.3 Å². The standard InChI is InChI=1S/C24H22F3N5O3S/c1-12-7-29-22(36-12)15-3-14(4-18(5-15)35-19-6-20-28-10-17(19)11-34-20)21(33)32-13(2)16-8-30-23(31-9-16)24(25,26)27/h3-9,13,17,19,28H,10-11H2,1-2H3,(H,32,33)/t13-,17?,19?/m1/s1. The maximum absolute atomic E-state index is 13.2. The maximum Gasteiger partial charge on any atom is 0.451 e. The molecule has 2 unspecified atom stereocenters. The van der Waals surface area contributed by atoms with Crippen LogP contribution in [0.4, 0.5) is 13.2 Å². The summed E-state index contributed by atoms with van der Waals surface area (Å²) in [6.07, 6.45) is 0.920. The van der Waals surface area contributed by atoms with Crippen molar-refractivity contribution in [1.29, 1.82) is 0 Å². The van der Waals surface area contributed by atoms with Crippen molar-refractivity contribution in [2.24, 2.45) is 5.92 Å². The van der Waals surface area contributed by atoms with Crippen molar-refractivity contribution >= 4 is 17.2 Å². The quantitative estimate of drug-likeness (QED) is 0.504. The lowest BCUT2D eigenvalue weighted by atomic mass is 9.98. The van der Waals surface area contributed by atoms with Gasteiger partial charge in [-0.2, -0.15) is 13.2 Å². The van der Waals surface area contributed by atoms with E-state index in [-0.39, 0.29) is 12.0 Å². The van der Waals surface area contributed by atoms with Crippen molar-refractivity contribution in [3.05, 3.63) is 70.6 Å². The lowest BCUT2D eigenvalue weighted by Crippen LogP contribution is -2.47. The first-order chi connectivity index (χ1) is 17.2. The predicted molar refractivity (Wildman–Crippen MR) is 125 cm³/mol. The lowest BCUT2D eigenvalue weighted by Gasteiger charge is -2.36. The van der Waals surface area contributed by atoms with Gasteiger partial charge in [0.05, 0.1) is 18.6 Å². The number of ether oxygens (including phenoxy) is 2. The molecule has 0 radical (unpaired) electrons. The number of carbonyl (C=O) groups excluding carboxylic acids is 1. The summed E-state index contributed by atoms with van der Waals surface area (Å²) >= 11 is 1.49. The minimum atomic E-state index is -4.63. The number of aryl methyl sites for hydroxylation is 1. The number of nitrogens with zero attached hydrogens (tertiary/aromatic N) is 3. The second kappa shape index (κ2) is 9.41. The molecule has 1 fully saturated rings. The van der Waals surface area contributed by atoms with Crippen LogP contribution in [-0.2, 0) is 10.9 Å². The van der Waals surface area contributed by atoms with Gasteiger partial charge < -0.3 is 20.1 Å². The van der Waals surface area contributed by atoms with Gasteiger partial charge in [0.2, 0.25) is 5.82 Å². The van der Waals surface area contributed by atoms with E-state index in [4.69, 9.17) is 9.47 Å². The van der Waals surface area contributed by atoms with Crippen LogP contribution in [0.15, 0.2) is 48.7 Å². The molecule has 0 aliphatic carbocycles. The van der Waals surface area contributed by atoms with Crippen molar-refractivity contribution < 1.29 is 27.4 Å². The molecular weight excluding hydrogens is 495 g/mol. The van der Waals surface area contributed by atoms with E-state index in [1.807, 2.05) is 19.1 Å². The molecule has 5 heterocycles. The average Bonchev–Trinajstić information content (AvgIpc) is 3.30. The largest absolute Gasteiger partial charge is 0.486 e. The fourth-order valence-corrected chi connectivity index (χ4v) is 4.66. The number of alkyl halides is 3. The van der Waals surface area contributed by atoms with Crippen molar-refractivity contribution in [3.8, 4) is 16.3 Å². The van der Waals surface area contributed by atoms with Crippen LogP contribution in [0.3, 0.4) is 0 Å². The second-order valence-corrected chi connectivity index (χ2v) is 9.86. The van der Waals surface area contributed by atoms with E-state index in [0.29, 0.717) is 29.4 Å². The molecule has 1 aromatic carbocycles. The molecule has 3 aliphatic rings. The smallest absolute Gasteiger partial charge is 0.451 e. The molecule has 12 heteroatoms. The number of benzene rings is 1. The zero-order chi connectivity index (χ0) is 25.4. The average molecular weight is 518 g/mol. The molecule has 0 saturated carbocycles. The predicted octanol–water partition coefficient (Wildman–Crippen LogP) is 4.26. The van der Waals surface area contributed by atoms with E-state index in [1.165, 1.54) is 11.3 Å². The first-order valence-electron chi connectivity index (χ1n) is 11.2. The van der Waals surface area contributed by atoms with Gasteiger partial charge >= 0.3 is 6.18 Å². The van der Waals surface area contributed by atoms with Crippen LogP contribution in [0.2, 0.25) is 0 Å². The van der Waals surface area contributed by atoms with Gasteiger partial charge in [0, 0.05) is 52.8 Å². The summed E-state index contributed by atoms with van der Waals surface area (Å²) in [5.41, 5.74) is 1.40. The van der Waals surface area contributed by atoms with Crippen LogP contribution in [0.25, 0.3) is 10.6 Å². The third-order valence-corrected chi connectivity index (χ3v) is 6.82. The first-order valence-corrected chi connectivity index (χ1v) is 12.0. The SMILES string of the molecule is Cc1cnc(-c2cc(OC3C=C4NCC3CO4)cc(C(=O)N[C@H](C)c3cnc(C(F)(F)F)nc3)c2)s1. The molecule has 2 N–H and O–H groups in total. The molecule has 36 heavy (non-hydrogen) atoms. The lowest BCUT2D eigenvalue weighted by molar-refractivity contribution is -0.145. The van der Waals surface area contributed by atoms with E-state index >= 15 is 0 Å². The second-order valence-electron chi connectivity index (χ2n) is 8.62. The highest BCUT2D eigenvalue weighted by Crippen LogP contribution is 2.32. The Morgan fingerprint density at radius 1 is 1.22 bits per heavy atom. The summed E-state index contributed by atoms with van der Waals surface area (Å²) in [5.74, 6) is -0.337. The Kier molecular flexibility index (Phi) is 6.29. The topological polar surface area (TPSA) is 98.3 Å². The number of carbonyl (C=O) groups is 1. The number of nitrogens with one attached hydrogen (secondary N) is 2. The molecule has 2 aromatic heterocycles. The molecule has 188 valence electrons. The van der Waals surface area contributed by atoms with Crippen LogP contribution in [0, 0.1) is 12.8 Å². The third kappa shape index (κ3) is 5.13. The summed E-state index contributed by atoms with van der Waals surface area (Å²) in [5, 5.41) is 6.70. The monoisotopic (exact) mass is 517 g/mol. The Hall–Kier alpha value is -3.67. The van der Waals surface area contributed by atoms with Gasteiger partial charge in [0.1, 0.15) is 16.9 Å². The summed E-state index contributed by atoms with van der Waals surface area (Å²) < 4.78 is 50.1. The number of amides is 1. The summed E-state index contributed by atoms with van der Waals surface area (Å²) in [6, 6.07) is 4.57. The number of hydrogen-bond donors (Lipinski definition) is 2. The number of halogens is 3. The van der Waals surface area contributed by atoms with E-state index in [0.717, 1.165) is 34.4 Å². The van der Waals surface area contributed by atoms with Gasteiger partial charge in [0.15, 0.2) is 5.88 Å². The summed E-state index contributed by atoms with van der Waals surface area (Å²) in [7, 11) is 0. The minimum Gasteiger partial charge on any atom is -0.486 e. The Bertz CT molecular complexity index is 1300. The fourth-order valence-electron chi connectivity index (χ4n) is 3.91. The van der Waals surface area contributed by atoms with Crippen LogP contribution < -0.4 is 15.4 Å². The Morgan fingerprint density at radius 3 is 2.58 bits per heavy atom. The van der Waals surface area contributed by atoms with Gasteiger partial charge in [-0.1, -0.05) is 0 Å². The number of hydrogen-bond acceptors (Lipinski definition) is 8. The van der Waals surface area contributed by atoms with E-state index < -0.39 is 23.9 Å². The van der Waals surface area contributed by atoms with E-state index in [2.05, 4.69) is 25.6 Å². The highest BCUT2D eigenvalue weighted by atomic mass is 32.1. The molecule has 3 aliphatic heterocycles. The Balaban J connectivity index is 1.39. The molecule has 1 amide bonds. The third-order valence-electron chi connectivity index (χ3n) is 5.85. The van der Waals surface area contributed by atoms with Gasteiger partial charge in [-0.05, 0) is 32.0 Å². The molecule has 8 nitrogen and oxygen atoms in total. The van der Waals surface area contributed by atoms with Crippen molar-refractivity contribution in [1.82, 2.24) is 25.6 Å². The van der Waals surface area contributed by atoms with Gasteiger partial charge in [-0.25, -0.2) is 15.0 Å². The van der Waals surface area contributed by atoms with Gasteiger partial charge in [-0.3, -0.25) is 4.79 Å². The maximum atomic E-state index is 13.2. The van der Waals surface area contributed by atoms with Crippen molar-refractivity contribution in [3.63, 3.8) is 0 Å². The zero-order valence-electron chi connectivity index (χ0n) is 19.3. The van der Waals surface area contributed by atoms with Gasteiger partial charge in [0.25, 0.3) is 5.91 Å². The first kappa shape index (κ1) is 24.0. The summed E-state index contributed by atoms with van der Waals surface area (Å²) in [4.78, 5) is 25.4. The molecule has 1 saturated heterocycles. The number of rotatable bonds is 6. The number of aromatic nitrogens is 3. The molecule has 6 rings (SSSR count). The summed E-state index contributed by atoms with van der Waals surface area (Å²) in [6.45, 7) is 4.88. The Morgan fingerprint density at radius 2 is 2.00 bits per heavy atom. The van der Waals surface area contributed by atoms with Gasteiger partial charge in [-0.15, -0.1) is 11.3 Å².